The highest BCUT2D eigenvalue weighted by Gasteiger charge is 2.16. The van der Waals surface area contributed by atoms with E-state index >= 15 is 0 Å². The van der Waals surface area contributed by atoms with Gasteiger partial charge in [-0.15, -0.1) is 0 Å². The summed E-state index contributed by atoms with van der Waals surface area (Å²) in [6.45, 7) is 6.34. The molecule has 0 amide bonds. The number of nitrogens with zero attached hydrogens (tertiary/aromatic N) is 5. The molecule has 3 aromatic rings. The highest BCUT2D eigenvalue weighted by Crippen LogP contribution is 2.24. The quantitative estimate of drug-likeness (QED) is 0.742. The van der Waals surface area contributed by atoms with Crippen LogP contribution in [-0.2, 0) is 0 Å². The van der Waals surface area contributed by atoms with Crippen LogP contribution in [0.15, 0.2) is 35.5 Å². The zero-order valence-electron chi connectivity index (χ0n) is 14.4. The summed E-state index contributed by atoms with van der Waals surface area (Å²) in [5.41, 5.74) is 6.85. The van der Waals surface area contributed by atoms with E-state index in [2.05, 4.69) is 56.4 Å². The maximum atomic E-state index is 11.9. The third-order valence-electron chi connectivity index (χ3n) is 4.64. The zero-order chi connectivity index (χ0) is 17.4. The van der Waals surface area contributed by atoms with Crippen LogP contribution in [0.3, 0.4) is 0 Å². The molecule has 25 heavy (non-hydrogen) atoms. The van der Waals surface area contributed by atoms with Crippen molar-refractivity contribution in [3.63, 3.8) is 0 Å². The predicted molar refractivity (Wildman–Crippen MR) is 98.1 cm³/mol. The summed E-state index contributed by atoms with van der Waals surface area (Å²) in [4.78, 5) is 26.3. The van der Waals surface area contributed by atoms with Crippen molar-refractivity contribution in [2.75, 3.05) is 43.6 Å². The normalized spacial score (nSPS) is 15.7. The van der Waals surface area contributed by atoms with Crippen molar-refractivity contribution in [1.29, 1.82) is 0 Å². The van der Waals surface area contributed by atoms with E-state index in [1.165, 1.54) is 28.6 Å². The molecule has 8 nitrogen and oxygen atoms in total. The number of anilines is 2. The minimum atomic E-state index is -0.214. The Kier molecular flexibility index (Phi) is 3.89. The average Bonchev–Trinajstić information content (AvgIpc) is 2.92. The van der Waals surface area contributed by atoms with Gasteiger partial charge in [-0.05, 0) is 37.7 Å². The number of likely N-dealkylation sites (N-methyl/N-ethyl adjacent to an activating group) is 1. The molecule has 0 unspecified atom stereocenters. The van der Waals surface area contributed by atoms with Gasteiger partial charge in [-0.1, -0.05) is 0 Å². The fourth-order valence-electron chi connectivity index (χ4n) is 3.21. The molecule has 0 bridgehead atoms. The molecular formula is C17H21N7O. The molecule has 1 aliphatic rings. The van der Waals surface area contributed by atoms with Crippen LogP contribution in [0, 0.1) is 6.92 Å². The molecular weight excluding hydrogens is 318 g/mol. The van der Waals surface area contributed by atoms with Crippen molar-refractivity contribution in [1.82, 2.24) is 24.8 Å². The molecule has 2 aromatic heterocycles. The third-order valence-corrected chi connectivity index (χ3v) is 4.64. The van der Waals surface area contributed by atoms with Crippen LogP contribution in [0.25, 0.3) is 11.0 Å². The second-order valence-corrected chi connectivity index (χ2v) is 6.44. The van der Waals surface area contributed by atoms with Gasteiger partial charge in [0.25, 0.3) is 5.56 Å². The van der Waals surface area contributed by atoms with Gasteiger partial charge in [0, 0.05) is 38.1 Å². The van der Waals surface area contributed by atoms with E-state index in [1.54, 1.807) is 0 Å². The molecule has 3 heterocycles. The first-order valence-electron chi connectivity index (χ1n) is 8.34. The number of aromatic amines is 1. The van der Waals surface area contributed by atoms with Crippen LogP contribution in [0.2, 0.25) is 0 Å². The van der Waals surface area contributed by atoms with Gasteiger partial charge in [-0.25, -0.2) is 15.1 Å². The number of benzene rings is 1. The van der Waals surface area contributed by atoms with Crippen molar-refractivity contribution in [3.05, 3.63) is 46.6 Å². The first-order valence-corrected chi connectivity index (χ1v) is 8.34. The fourth-order valence-corrected chi connectivity index (χ4v) is 3.21. The lowest BCUT2D eigenvalue weighted by Gasteiger charge is -2.35. The molecule has 1 aliphatic heterocycles. The highest BCUT2D eigenvalue weighted by atomic mass is 16.1. The van der Waals surface area contributed by atoms with Crippen molar-refractivity contribution >= 4 is 22.4 Å². The Labute approximate surface area is 145 Å². The summed E-state index contributed by atoms with van der Waals surface area (Å²) in [5, 5.41) is 3.19. The average molecular weight is 339 g/mol. The van der Waals surface area contributed by atoms with E-state index < -0.39 is 0 Å². The van der Waals surface area contributed by atoms with E-state index in [0.29, 0.717) is 11.0 Å². The molecule has 0 spiro atoms. The maximum Gasteiger partial charge on any atom is 0.276 e. The molecule has 8 heteroatoms. The Morgan fingerprint density at radius 3 is 2.76 bits per heavy atom. The summed E-state index contributed by atoms with van der Waals surface area (Å²) in [6, 6.07) is 6.23. The number of H-pyrrole nitrogens is 1. The Morgan fingerprint density at radius 1 is 1.20 bits per heavy atom. The lowest BCUT2D eigenvalue weighted by Crippen LogP contribution is -2.44. The van der Waals surface area contributed by atoms with Gasteiger partial charge >= 0.3 is 0 Å². The molecule has 4 rings (SSSR count). The number of piperazine rings is 1. The molecule has 0 aliphatic carbocycles. The number of nitrogens with one attached hydrogen (secondary N) is 2. The largest absolute Gasteiger partial charge is 0.369 e. The van der Waals surface area contributed by atoms with Crippen LogP contribution in [-0.4, -0.2) is 58.0 Å². The number of hydrogen-bond donors (Lipinski definition) is 2. The molecule has 130 valence electrons. The van der Waals surface area contributed by atoms with Crippen LogP contribution in [0.5, 0.6) is 0 Å². The molecule has 1 saturated heterocycles. The Bertz CT molecular complexity index is 953. The number of aryl methyl sites for hydroxylation is 1. The van der Waals surface area contributed by atoms with Crippen LogP contribution in [0.4, 0.5) is 11.4 Å². The first kappa shape index (κ1) is 15.6. The summed E-state index contributed by atoms with van der Waals surface area (Å²) >= 11 is 0. The number of rotatable bonds is 3. The van der Waals surface area contributed by atoms with E-state index in [9.17, 15) is 4.79 Å². The number of hydrogen-bond acceptors (Lipinski definition) is 6. The lowest BCUT2D eigenvalue weighted by molar-refractivity contribution is 0.312. The maximum absolute atomic E-state index is 11.9. The first-order chi connectivity index (χ1) is 12.1. The minimum absolute atomic E-state index is 0.214. The van der Waals surface area contributed by atoms with Gasteiger partial charge in [0.15, 0.2) is 5.65 Å². The van der Waals surface area contributed by atoms with Gasteiger partial charge in [-0.2, -0.15) is 4.79 Å². The SMILES string of the molecule is Cc1cc(Nn2[nH]c(=O)c3cncnc32)ccc1N1CCN(C)CC1. The molecule has 1 aromatic carbocycles. The zero-order valence-corrected chi connectivity index (χ0v) is 14.4. The fraction of sp³-hybridized carbons (Fsp3) is 0.353. The number of aromatic nitrogens is 4. The lowest BCUT2D eigenvalue weighted by atomic mass is 10.1. The van der Waals surface area contributed by atoms with E-state index in [0.717, 1.165) is 31.9 Å². The van der Waals surface area contributed by atoms with Crippen LogP contribution in [0.1, 0.15) is 5.56 Å². The molecule has 2 N–H and O–H groups in total. The Hall–Kier alpha value is -2.87. The van der Waals surface area contributed by atoms with Gasteiger partial charge < -0.3 is 9.80 Å². The van der Waals surface area contributed by atoms with Crippen LogP contribution >= 0.6 is 0 Å². The summed E-state index contributed by atoms with van der Waals surface area (Å²) in [5.74, 6) is 0. The van der Waals surface area contributed by atoms with E-state index in [4.69, 9.17) is 0 Å². The molecule has 0 saturated carbocycles. The minimum Gasteiger partial charge on any atom is -0.369 e. The molecule has 0 atom stereocenters. The Morgan fingerprint density at radius 2 is 2.00 bits per heavy atom. The predicted octanol–water partition coefficient (Wildman–Crippen LogP) is 1.06. The van der Waals surface area contributed by atoms with Gasteiger partial charge in [0.1, 0.15) is 11.7 Å². The topological polar surface area (TPSA) is 82.1 Å². The van der Waals surface area contributed by atoms with Crippen molar-refractivity contribution in [2.24, 2.45) is 0 Å². The van der Waals surface area contributed by atoms with Crippen molar-refractivity contribution in [2.45, 2.75) is 6.92 Å². The van der Waals surface area contributed by atoms with Crippen molar-refractivity contribution < 1.29 is 0 Å². The summed E-state index contributed by atoms with van der Waals surface area (Å²) < 4.78 is 0. The number of fused-ring (bicyclic) bond motifs is 1. The summed E-state index contributed by atoms with van der Waals surface area (Å²) in [6.07, 6.45) is 2.94. The van der Waals surface area contributed by atoms with Gasteiger partial charge in [0.05, 0.1) is 5.69 Å². The molecule has 0 radical (unpaired) electrons. The monoisotopic (exact) mass is 339 g/mol. The standard InChI is InChI=1S/C17H21N7O/c1-12-9-13(3-4-15(12)23-7-5-22(2)6-8-23)20-24-16-14(17(25)21-24)10-18-11-19-16/h3-4,9-11,20H,5-8H2,1-2H3,(H,21,25). The van der Waals surface area contributed by atoms with Gasteiger partial charge in [0.2, 0.25) is 0 Å². The van der Waals surface area contributed by atoms with E-state index in [1.807, 2.05) is 6.07 Å². The second kappa shape index (κ2) is 6.21. The van der Waals surface area contributed by atoms with E-state index in [-0.39, 0.29) is 5.56 Å². The van der Waals surface area contributed by atoms with Gasteiger partial charge in [-0.3, -0.25) is 10.2 Å². The molecule has 1 fully saturated rings. The highest BCUT2D eigenvalue weighted by molar-refractivity contribution is 5.73. The Balaban J connectivity index is 1.59. The smallest absolute Gasteiger partial charge is 0.276 e. The van der Waals surface area contributed by atoms with Crippen molar-refractivity contribution in [3.8, 4) is 0 Å². The summed E-state index contributed by atoms with van der Waals surface area (Å²) in [7, 11) is 2.16. The van der Waals surface area contributed by atoms with Crippen LogP contribution < -0.4 is 15.9 Å². The second-order valence-electron chi connectivity index (χ2n) is 6.44. The third kappa shape index (κ3) is 2.96.